The van der Waals surface area contributed by atoms with Crippen LogP contribution in [-0.4, -0.2) is 22.4 Å². The van der Waals surface area contributed by atoms with Crippen LogP contribution in [0.4, 0.5) is 0 Å². The molecule has 4 aliphatic rings. The van der Waals surface area contributed by atoms with Crippen molar-refractivity contribution >= 4 is 66.7 Å². The second-order valence-electron chi connectivity index (χ2n) is 15.2. The van der Waals surface area contributed by atoms with Gasteiger partial charge in [0.25, 0.3) is 0 Å². The first kappa shape index (κ1) is 32.7. The highest BCUT2D eigenvalue weighted by Gasteiger charge is 2.30. The number of fused-ring (bicyclic) bond motifs is 6. The molecule has 5 nitrogen and oxygen atoms in total. The van der Waals surface area contributed by atoms with Crippen molar-refractivity contribution in [2.75, 3.05) is 0 Å². The fraction of sp³-hybridized carbons (Fsp3) is 0.137. The van der Waals surface area contributed by atoms with Gasteiger partial charge in [-0.15, -0.1) is 0 Å². The van der Waals surface area contributed by atoms with Crippen molar-refractivity contribution in [1.82, 2.24) is 9.88 Å². The van der Waals surface area contributed by atoms with Crippen LogP contribution in [0, 0.1) is 5.92 Å². The van der Waals surface area contributed by atoms with Gasteiger partial charge in [-0.1, -0.05) is 134 Å². The van der Waals surface area contributed by atoms with Gasteiger partial charge in [0.15, 0.2) is 6.17 Å². The number of para-hydroxylation sites is 2. The number of amidine groups is 2. The molecule has 5 heteroatoms. The Hall–Kier alpha value is -6.72. The summed E-state index contributed by atoms with van der Waals surface area (Å²) in [6, 6.07) is 41.2. The van der Waals surface area contributed by atoms with Crippen LogP contribution in [0.3, 0.4) is 0 Å². The smallest absolute Gasteiger partial charge is 0.169 e. The highest BCUT2D eigenvalue weighted by Crippen LogP contribution is 2.40. The number of aliphatic imine (C=N–C) groups is 2. The molecule has 0 saturated carbocycles. The zero-order valence-corrected chi connectivity index (χ0v) is 31.0. The highest BCUT2D eigenvalue weighted by molar-refractivity contribution is 6.16. The van der Waals surface area contributed by atoms with E-state index in [-0.39, 0.29) is 12.1 Å². The molecule has 3 aliphatic carbocycles. The summed E-state index contributed by atoms with van der Waals surface area (Å²) < 4.78 is 9.05. The van der Waals surface area contributed by atoms with Gasteiger partial charge in [0.2, 0.25) is 0 Å². The Kier molecular flexibility index (Phi) is 7.90. The highest BCUT2D eigenvalue weighted by atomic mass is 16.3. The first-order valence-electron chi connectivity index (χ1n) is 19.8. The maximum absolute atomic E-state index is 6.59. The number of hydrogen-bond acceptors (Lipinski definition) is 4. The number of hydrogen-bond donors (Lipinski definition) is 1. The van der Waals surface area contributed by atoms with Gasteiger partial charge in [-0.05, 0) is 77.9 Å². The molecule has 270 valence electrons. The Morgan fingerprint density at radius 2 is 1.50 bits per heavy atom. The topological polar surface area (TPSA) is 54.8 Å². The molecule has 7 aromatic rings. The molecule has 11 rings (SSSR count). The first-order chi connectivity index (χ1) is 27.7. The third kappa shape index (κ3) is 5.62. The minimum atomic E-state index is -0.349. The monoisotopic (exact) mass is 724 g/mol. The summed E-state index contributed by atoms with van der Waals surface area (Å²) in [5, 5.41) is 8.64. The van der Waals surface area contributed by atoms with Crippen molar-refractivity contribution in [3.8, 4) is 0 Å². The fourth-order valence-corrected chi connectivity index (χ4v) is 9.06. The van der Waals surface area contributed by atoms with Crippen LogP contribution in [0.15, 0.2) is 190 Å². The predicted octanol–water partition coefficient (Wildman–Crippen LogP) is 12.3. The van der Waals surface area contributed by atoms with Crippen LogP contribution in [0.2, 0.25) is 0 Å². The van der Waals surface area contributed by atoms with Crippen LogP contribution in [0.1, 0.15) is 48.3 Å². The van der Waals surface area contributed by atoms with Crippen LogP contribution in [0.5, 0.6) is 0 Å². The molecule has 3 atom stereocenters. The Morgan fingerprint density at radius 3 is 2.29 bits per heavy atom. The Morgan fingerprint density at radius 1 is 0.679 bits per heavy atom. The van der Waals surface area contributed by atoms with E-state index in [2.05, 4.69) is 180 Å². The summed E-state index contributed by atoms with van der Waals surface area (Å²) in [7, 11) is 0. The van der Waals surface area contributed by atoms with Crippen LogP contribution >= 0.6 is 0 Å². The molecular formula is C51H40N4O. The molecule has 2 aromatic heterocycles. The molecular weight excluding hydrogens is 685 g/mol. The molecule has 1 N–H and O–H groups in total. The molecule has 0 amide bonds. The number of rotatable bonds is 6. The first-order valence-corrected chi connectivity index (χ1v) is 19.8. The molecule has 3 heterocycles. The zero-order valence-electron chi connectivity index (χ0n) is 31.0. The van der Waals surface area contributed by atoms with Crippen molar-refractivity contribution < 1.29 is 4.42 Å². The second kappa shape index (κ2) is 13.5. The lowest BCUT2D eigenvalue weighted by molar-refractivity contribution is 0.668. The maximum atomic E-state index is 6.59. The minimum Gasteiger partial charge on any atom is -0.456 e. The summed E-state index contributed by atoms with van der Waals surface area (Å²) in [4.78, 5) is 10.7. The quantitative estimate of drug-likeness (QED) is 0.186. The number of allylic oxidation sites excluding steroid dienone is 9. The molecule has 1 aliphatic heterocycles. The van der Waals surface area contributed by atoms with Crippen molar-refractivity contribution in [2.24, 2.45) is 15.9 Å². The van der Waals surface area contributed by atoms with Gasteiger partial charge in [0.1, 0.15) is 22.8 Å². The summed E-state index contributed by atoms with van der Waals surface area (Å²) in [6.07, 6.45) is 23.8. The molecule has 56 heavy (non-hydrogen) atoms. The standard InChI is InChI=1S/C51H40N4O/c1-4-15-33(16-5-1)37-29-38(31-39(30-37)55-44-24-12-10-21-41(44)42-22-11-13-25-45(42)55)51-53-49(35-19-8-3-9-20-35)52-50(54-51)36-27-28-43-47(32-36)56-46-26-14-23-40(48(43)46)34-17-6-2-7-18-34/h1-2,4-8,10-17,19-30,32,34,38,49H,3,9,18,31H2,(H,52,53,54). The molecule has 3 unspecified atom stereocenters. The Bertz CT molecular complexity index is 2910. The maximum Gasteiger partial charge on any atom is 0.169 e. The van der Waals surface area contributed by atoms with Gasteiger partial charge < -0.3 is 14.3 Å². The third-order valence-electron chi connectivity index (χ3n) is 11.7. The second-order valence-corrected chi connectivity index (χ2v) is 15.2. The van der Waals surface area contributed by atoms with Crippen LogP contribution < -0.4 is 5.32 Å². The van der Waals surface area contributed by atoms with E-state index in [1.54, 1.807) is 0 Å². The van der Waals surface area contributed by atoms with Gasteiger partial charge in [-0.25, -0.2) is 9.98 Å². The van der Waals surface area contributed by atoms with Gasteiger partial charge in [0.05, 0.1) is 11.0 Å². The fourth-order valence-electron chi connectivity index (χ4n) is 9.06. The van der Waals surface area contributed by atoms with Crippen LogP contribution in [-0.2, 0) is 0 Å². The number of nitrogens with one attached hydrogen (secondary N) is 1. The van der Waals surface area contributed by atoms with Crippen molar-refractivity contribution in [1.29, 1.82) is 0 Å². The molecule has 5 aromatic carbocycles. The van der Waals surface area contributed by atoms with E-state index in [1.165, 1.54) is 49.6 Å². The van der Waals surface area contributed by atoms with E-state index in [0.29, 0.717) is 5.92 Å². The normalized spacial score (nSPS) is 20.9. The SMILES string of the molecule is C1=CCC(c2cccc3oc4cc(C5=NC(C6=CCCC=C6)N=C(C6C=C(c7ccccc7)C=C(n7c8ccccc8c8ccccc87)C6)N5)ccc4c23)C=C1. The van der Waals surface area contributed by atoms with E-state index in [4.69, 9.17) is 14.4 Å². The number of aromatic nitrogens is 1. The lowest BCUT2D eigenvalue weighted by Crippen LogP contribution is -2.41. The Balaban J connectivity index is 1.02. The van der Waals surface area contributed by atoms with Crippen molar-refractivity contribution in [3.63, 3.8) is 0 Å². The molecule has 0 spiro atoms. The average molecular weight is 725 g/mol. The van der Waals surface area contributed by atoms with Crippen molar-refractivity contribution in [3.05, 3.63) is 192 Å². The van der Waals surface area contributed by atoms with E-state index < -0.39 is 0 Å². The molecule has 0 fully saturated rings. The molecule has 0 radical (unpaired) electrons. The number of benzene rings is 5. The van der Waals surface area contributed by atoms with Gasteiger partial charge in [-0.2, -0.15) is 0 Å². The predicted molar refractivity (Wildman–Crippen MR) is 233 cm³/mol. The summed E-state index contributed by atoms with van der Waals surface area (Å²) in [6.45, 7) is 0. The number of nitrogens with zero attached hydrogens (tertiary/aromatic N) is 3. The lowest BCUT2D eigenvalue weighted by Gasteiger charge is -2.30. The zero-order chi connectivity index (χ0) is 37.0. The van der Waals surface area contributed by atoms with E-state index in [0.717, 1.165) is 65.0 Å². The third-order valence-corrected chi connectivity index (χ3v) is 11.7. The molecule has 0 saturated heterocycles. The lowest BCUT2D eigenvalue weighted by atomic mass is 9.88. The van der Waals surface area contributed by atoms with E-state index >= 15 is 0 Å². The van der Waals surface area contributed by atoms with Gasteiger partial charge in [-0.3, -0.25) is 0 Å². The molecule has 0 bridgehead atoms. The largest absolute Gasteiger partial charge is 0.456 e. The summed E-state index contributed by atoms with van der Waals surface area (Å²) in [5.74, 6) is 2.03. The van der Waals surface area contributed by atoms with Crippen molar-refractivity contribution in [2.45, 2.75) is 37.8 Å². The average Bonchev–Trinajstić information content (AvgIpc) is 3.83. The van der Waals surface area contributed by atoms with E-state index in [9.17, 15) is 0 Å². The van der Waals surface area contributed by atoms with Gasteiger partial charge in [0, 0.05) is 51.1 Å². The summed E-state index contributed by atoms with van der Waals surface area (Å²) >= 11 is 0. The van der Waals surface area contributed by atoms with Gasteiger partial charge >= 0.3 is 0 Å². The van der Waals surface area contributed by atoms with Crippen LogP contribution in [0.25, 0.3) is 55.0 Å². The summed E-state index contributed by atoms with van der Waals surface area (Å²) in [5.41, 5.74) is 11.2. The number of furan rings is 1. The van der Waals surface area contributed by atoms with E-state index in [1.807, 2.05) is 0 Å². The Labute approximate surface area is 325 Å². The minimum absolute atomic E-state index is 0.0265.